The van der Waals surface area contributed by atoms with Gasteiger partial charge >= 0.3 is 5.97 Å². The van der Waals surface area contributed by atoms with E-state index >= 15 is 0 Å². The van der Waals surface area contributed by atoms with E-state index in [1.807, 2.05) is 22.6 Å². The minimum atomic E-state index is -1.05. The fraction of sp³-hybridized carbons (Fsp3) is 0.333. The lowest BCUT2D eigenvalue weighted by Gasteiger charge is -2.33. The van der Waals surface area contributed by atoms with Crippen LogP contribution in [0, 0.1) is 3.57 Å². The van der Waals surface area contributed by atoms with Crippen molar-refractivity contribution in [1.29, 1.82) is 0 Å². The highest BCUT2D eigenvalue weighted by molar-refractivity contribution is 14.1. The van der Waals surface area contributed by atoms with Crippen LogP contribution in [0.15, 0.2) is 18.2 Å². The largest absolute Gasteiger partial charge is 0.507 e. The van der Waals surface area contributed by atoms with Gasteiger partial charge < -0.3 is 20.4 Å². The highest BCUT2D eigenvalue weighted by atomic mass is 127. The number of hydrogen-bond donors (Lipinski definition) is 3. The molecule has 1 heterocycles. The van der Waals surface area contributed by atoms with Crippen molar-refractivity contribution in [3.63, 3.8) is 0 Å². The lowest BCUT2D eigenvalue weighted by atomic mass is 10.1. The summed E-state index contributed by atoms with van der Waals surface area (Å²) in [6.07, 6.45) is 0. The number of rotatable bonds is 2. The molecule has 0 aromatic heterocycles. The Kier molecular flexibility index (Phi) is 4.25. The molecule has 102 valence electrons. The summed E-state index contributed by atoms with van der Waals surface area (Å²) < 4.78 is 0.806. The van der Waals surface area contributed by atoms with Crippen LogP contribution >= 0.6 is 22.6 Å². The first-order chi connectivity index (χ1) is 9.00. The Hall–Kier alpha value is -1.35. The van der Waals surface area contributed by atoms with Crippen molar-refractivity contribution in [3.05, 3.63) is 27.3 Å². The van der Waals surface area contributed by atoms with Crippen molar-refractivity contribution < 1.29 is 19.8 Å². The van der Waals surface area contributed by atoms with E-state index in [0.717, 1.165) is 3.57 Å². The summed E-state index contributed by atoms with van der Waals surface area (Å²) in [4.78, 5) is 24.8. The molecule has 1 atom stereocenters. The van der Waals surface area contributed by atoms with Crippen molar-refractivity contribution in [3.8, 4) is 5.75 Å². The van der Waals surface area contributed by atoms with E-state index < -0.39 is 17.9 Å². The SMILES string of the molecule is O=C(O)C1CNCCN1C(=O)c1cc(I)ccc1O. The minimum absolute atomic E-state index is 0.131. The predicted molar refractivity (Wildman–Crippen MR) is 76.2 cm³/mol. The quantitative estimate of drug-likeness (QED) is 0.654. The molecule has 3 N–H and O–H groups in total. The van der Waals surface area contributed by atoms with Gasteiger partial charge in [-0.05, 0) is 40.8 Å². The number of nitrogens with zero attached hydrogens (tertiary/aromatic N) is 1. The maximum atomic E-state index is 12.4. The van der Waals surface area contributed by atoms with E-state index in [0.29, 0.717) is 13.1 Å². The number of piperazine rings is 1. The maximum absolute atomic E-state index is 12.4. The van der Waals surface area contributed by atoms with E-state index in [2.05, 4.69) is 5.32 Å². The number of phenolic OH excluding ortho intramolecular Hbond substituents is 1. The molecule has 6 nitrogen and oxygen atoms in total. The molecule has 19 heavy (non-hydrogen) atoms. The van der Waals surface area contributed by atoms with Crippen LogP contribution in [0.5, 0.6) is 5.75 Å². The maximum Gasteiger partial charge on any atom is 0.327 e. The Morgan fingerprint density at radius 1 is 1.42 bits per heavy atom. The van der Waals surface area contributed by atoms with E-state index in [1.54, 1.807) is 12.1 Å². The fourth-order valence-corrected chi connectivity index (χ4v) is 2.49. The molecule has 7 heteroatoms. The molecule has 0 bridgehead atoms. The average molecular weight is 376 g/mol. The Labute approximate surface area is 123 Å². The average Bonchev–Trinajstić information content (AvgIpc) is 2.40. The summed E-state index contributed by atoms with van der Waals surface area (Å²) in [5.74, 6) is -1.64. The number of benzene rings is 1. The standard InChI is InChI=1S/C12H13IN2O4/c13-7-1-2-10(16)8(5-7)11(17)15-4-3-14-6-9(15)12(18)19/h1-2,5,9,14,16H,3-4,6H2,(H,18,19). The molecular weight excluding hydrogens is 363 g/mol. The summed E-state index contributed by atoms with van der Waals surface area (Å²) in [5, 5.41) is 21.8. The number of aliphatic carboxylic acids is 1. The normalized spacial score (nSPS) is 19.2. The molecule has 1 amide bonds. The zero-order valence-corrected chi connectivity index (χ0v) is 12.1. The number of carboxylic acid groups (broad SMARTS) is 1. The third-order valence-corrected chi connectivity index (χ3v) is 3.65. The van der Waals surface area contributed by atoms with Gasteiger partial charge in [0.25, 0.3) is 5.91 Å². The number of carbonyl (C=O) groups excluding carboxylic acids is 1. The predicted octanol–water partition coefficient (Wildman–Crippen LogP) is 0.495. The van der Waals surface area contributed by atoms with Gasteiger partial charge in [0.2, 0.25) is 0 Å². The van der Waals surface area contributed by atoms with Crippen molar-refractivity contribution in [1.82, 2.24) is 10.2 Å². The molecule has 2 rings (SSSR count). The molecule has 0 saturated carbocycles. The first-order valence-corrected chi connectivity index (χ1v) is 6.81. The number of amides is 1. The van der Waals surface area contributed by atoms with Crippen LogP contribution in [0.3, 0.4) is 0 Å². The summed E-state index contributed by atoms with van der Waals surface area (Å²) in [6.45, 7) is 1.06. The third kappa shape index (κ3) is 2.98. The Morgan fingerprint density at radius 3 is 2.84 bits per heavy atom. The minimum Gasteiger partial charge on any atom is -0.507 e. The van der Waals surface area contributed by atoms with Crippen LogP contribution in [-0.2, 0) is 4.79 Å². The number of carboxylic acids is 1. The molecule has 1 aliphatic rings. The molecule has 0 aliphatic carbocycles. The van der Waals surface area contributed by atoms with Gasteiger partial charge in [0.05, 0.1) is 5.56 Å². The highest BCUT2D eigenvalue weighted by Gasteiger charge is 2.33. The Bertz CT molecular complexity index is 520. The van der Waals surface area contributed by atoms with Crippen molar-refractivity contribution in [2.45, 2.75) is 6.04 Å². The van der Waals surface area contributed by atoms with Crippen LogP contribution in [-0.4, -0.2) is 52.7 Å². The molecule has 1 saturated heterocycles. The second kappa shape index (κ2) is 5.74. The van der Waals surface area contributed by atoms with E-state index in [4.69, 9.17) is 5.11 Å². The number of phenols is 1. The lowest BCUT2D eigenvalue weighted by molar-refractivity contribution is -0.142. The second-order valence-corrected chi connectivity index (χ2v) is 5.46. The van der Waals surface area contributed by atoms with Gasteiger partial charge in [-0.1, -0.05) is 0 Å². The van der Waals surface area contributed by atoms with Crippen LogP contribution < -0.4 is 5.32 Å². The summed E-state index contributed by atoms with van der Waals surface area (Å²) in [7, 11) is 0. The van der Waals surface area contributed by atoms with E-state index in [1.165, 1.54) is 11.0 Å². The summed E-state index contributed by atoms with van der Waals surface area (Å²) >= 11 is 2.03. The topological polar surface area (TPSA) is 89.9 Å². The smallest absolute Gasteiger partial charge is 0.327 e. The number of aromatic hydroxyl groups is 1. The molecule has 1 aliphatic heterocycles. The van der Waals surface area contributed by atoms with E-state index in [-0.39, 0.29) is 17.9 Å². The zero-order valence-electron chi connectivity index (χ0n) is 9.97. The first-order valence-electron chi connectivity index (χ1n) is 5.73. The van der Waals surface area contributed by atoms with Crippen molar-refractivity contribution in [2.75, 3.05) is 19.6 Å². The second-order valence-electron chi connectivity index (χ2n) is 4.22. The van der Waals surface area contributed by atoms with Crippen LogP contribution in [0.4, 0.5) is 0 Å². The number of halogens is 1. The van der Waals surface area contributed by atoms with E-state index in [9.17, 15) is 14.7 Å². The lowest BCUT2D eigenvalue weighted by Crippen LogP contribution is -2.57. The molecule has 1 aromatic rings. The van der Waals surface area contributed by atoms with Crippen molar-refractivity contribution >= 4 is 34.5 Å². The van der Waals surface area contributed by atoms with Crippen LogP contribution in [0.25, 0.3) is 0 Å². The number of carbonyl (C=O) groups is 2. The molecule has 1 fully saturated rings. The summed E-state index contributed by atoms with van der Waals surface area (Å²) in [6, 6.07) is 3.77. The molecule has 1 unspecified atom stereocenters. The van der Waals surface area contributed by atoms with Gasteiger partial charge in [-0.2, -0.15) is 0 Å². The van der Waals surface area contributed by atoms with Crippen LogP contribution in [0.2, 0.25) is 0 Å². The Balaban J connectivity index is 2.31. The summed E-state index contributed by atoms with van der Waals surface area (Å²) in [5.41, 5.74) is 0.139. The first kappa shape index (κ1) is 14.1. The molecule has 1 aromatic carbocycles. The molecule has 0 spiro atoms. The van der Waals surface area contributed by atoms with Gasteiger partial charge in [-0.25, -0.2) is 4.79 Å². The Morgan fingerprint density at radius 2 is 2.16 bits per heavy atom. The number of nitrogens with one attached hydrogen (secondary N) is 1. The van der Waals surface area contributed by atoms with Gasteiger partial charge in [0, 0.05) is 23.2 Å². The van der Waals surface area contributed by atoms with Gasteiger partial charge in [-0.3, -0.25) is 4.79 Å². The van der Waals surface area contributed by atoms with Gasteiger partial charge in [-0.15, -0.1) is 0 Å². The van der Waals surface area contributed by atoms with Crippen molar-refractivity contribution in [2.24, 2.45) is 0 Å². The zero-order chi connectivity index (χ0) is 14.0. The third-order valence-electron chi connectivity index (χ3n) is 2.98. The fourth-order valence-electron chi connectivity index (χ4n) is 2.00. The van der Waals surface area contributed by atoms with Gasteiger partial charge in [0.1, 0.15) is 11.8 Å². The van der Waals surface area contributed by atoms with Gasteiger partial charge in [0.15, 0.2) is 0 Å². The monoisotopic (exact) mass is 376 g/mol. The number of hydrogen-bond acceptors (Lipinski definition) is 4. The molecular formula is C12H13IN2O4. The highest BCUT2D eigenvalue weighted by Crippen LogP contribution is 2.22. The molecule has 0 radical (unpaired) electrons. The van der Waals surface area contributed by atoms with Crippen LogP contribution in [0.1, 0.15) is 10.4 Å².